The van der Waals surface area contributed by atoms with E-state index in [2.05, 4.69) is 78.6 Å². The van der Waals surface area contributed by atoms with Gasteiger partial charge in [0.05, 0.1) is 0 Å². The van der Waals surface area contributed by atoms with Gasteiger partial charge in [0.25, 0.3) is 0 Å². The van der Waals surface area contributed by atoms with Gasteiger partial charge in [0.2, 0.25) is 0 Å². The number of rotatable bonds is 8. The number of unbranched alkanes of at least 4 members (excludes halogenated alkanes) is 5. The van der Waals surface area contributed by atoms with Crippen molar-refractivity contribution in [3.63, 3.8) is 0 Å². The zero-order valence-corrected chi connectivity index (χ0v) is 19.5. The summed E-state index contributed by atoms with van der Waals surface area (Å²) in [5, 5.41) is 5.00. The minimum absolute atomic E-state index is 0. The molecule has 0 N–H and O–H groups in total. The van der Waals surface area contributed by atoms with E-state index >= 15 is 0 Å². The van der Waals surface area contributed by atoms with E-state index in [1.807, 2.05) is 6.20 Å². The van der Waals surface area contributed by atoms with Crippen molar-refractivity contribution in [2.75, 3.05) is 0 Å². The summed E-state index contributed by atoms with van der Waals surface area (Å²) in [6.45, 7) is 2.27. The number of hydrogen-bond donors (Lipinski definition) is 0. The van der Waals surface area contributed by atoms with Crippen LogP contribution in [0, 0.1) is 6.07 Å². The summed E-state index contributed by atoms with van der Waals surface area (Å²) in [6, 6.07) is 25.1. The molecule has 4 aromatic rings. The summed E-state index contributed by atoms with van der Waals surface area (Å²) in [5.41, 5.74) is 3.48. The largest absolute Gasteiger partial charge is 0.304 e. The molecule has 0 fully saturated rings. The molecule has 1 nitrogen and oxygen atoms in total. The number of fused-ring (bicyclic) bond motifs is 3. The molecule has 0 saturated carbocycles. The minimum atomic E-state index is 0. The van der Waals surface area contributed by atoms with Crippen molar-refractivity contribution in [1.29, 1.82) is 0 Å². The van der Waals surface area contributed by atoms with Crippen LogP contribution in [0.25, 0.3) is 32.8 Å². The summed E-state index contributed by atoms with van der Waals surface area (Å²) < 4.78 is 0. The maximum atomic E-state index is 4.69. The average molecular weight is 559 g/mol. The van der Waals surface area contributed by atoms with Gasteiger partial charge in [-0.1, -0.05) is 88.3 Å². The van der Waals surface area contributed by atoms with Crippen molar-refractivity contribution in [3.8, 4) is 11.3 Å². The minimum Gasteiger partial charge on any atom is -0.304 e. The van der Waals surface area contributed by atoms with E-state index in [0.29, 0.717) is 0 Å². The van der Waals surface area contributed by atoms with Crippen LogP contribution in [0.3, 0.4) is 0 Å². The Morgan fingerprint density at radius 1 is 0.759 bits per heavy atom. The van der Waals surface area contributed by atoms with Gasteiger partial charge in [0.1, 0.15) is 0 Å². The van der Waals surface area contributed by atoms with Crippen molar-refractivity contribution in [1.82, 2.24) is 4.98 Å². The van der Waals surface area contributed by atoms with Crippen LogP contribution in [0.2, 0.25) is 0 Å². The topological polar surface area (TPSA) is 12.9 Å². The Kier molecular flexibility index (Phi) is 7.98. The fourth-order valence-electron chi connectivity index (χ4n) is 4.02. The zero-order valence-electron chi connectivity index (χ0n) is 17.1. The number of nitrogens with zero attached hydrogens (tertiary/aromatic N) is 1. The molecule has 29 heavy (non-hydrogen) atoms. The Morgan fingerprint density at radius 2 is 1.59 bits per heavy atom. The van der Waals surface area contributed by atoms with E-state index < -0.39 is 0 Å². The molecule has 0 unspecified atom stereocenters. The fraction of sp³-hybridized carbons (Fsp3) is 0.296. The van der Waals surface area contributed by atoms with Crippen LogP contribution in [0.15, 0.2) is 66.9 Å². The maximum Gasteiger partial charge on any atom is 0.0167 e. The van der Waals surface area contributed by atoms with Crippen molar-refractivity contribution in [2.24, 2.45) is 0 Å². The van der Waals surface area contributed by atoms with Crippen molar-refractivity contribution < 1.29 is 20.1 Å². The first-order valence-electron chi connectivity index (χ1n) is 10.6. The summed E-state index contributed by atoms with van der Waals surface area (Å²) in [6.07, 6.45) is 11.1. The summed E-state index contributed by atoms with van der Waals surface area (Å²) >= 11 is 0. The standard InChI is InChI=1S/C27H28N.Ir/c1-2-3-4-5-6-7-10-21-13-15-23(16-14-21)27-26-18-17-22-11-8-9-12-24(22)25(26)19-20-28-27;/h8-9,11-15,17-20H,2-7,10H2,1H3;/q-1;. The van der Waals surface area contributed by atoms with Gasteiger partial charge in [-0.3, -0.25) is 0 Å². The van der Waals surface area contributed by atoms with Crippen LogP contribution in [-0.4, -0.2) is 4.98 Å². The number of aryl methyl sites for hydroxylation is 1. The predicted molar refractivity (Wildman–Crippen MR) is 121 cm³/mol. The second-order valence-electron chi connectivity index (χ2n) is 7.67. The Hall–Kier alpha value is -2.02. The predicted octanol–water partition coefficient (Wildman–Crippen LogP) is 7.76. The smallest absolute Gasteiger partial charge is 0.0167 e. The van der Waals surface area contributed by atoms with Crippen LogP contribution >= 0.6 is 0 Å². The SMILES string of the molecule is CCCCCCCCc1c[c-]c(-c2nccc3c2ccc2ccccc23)cc1.[Ir]. The molecule has 0 aliphatic rings. The summed E-state index contributed by atoms with van der Waals surface area (Å²) in [5.74, 6) is 0. The molecule has 0 bridgehead atoms. The Morgan fingerprint density at radius 3 is 2.41 bits per heavy atom. The first kappa shape index (κ1) is 21.7. The average Bonchev–Trinajstić information content (AvgIpc) is 2.76. The van der Waals surface area contributed by atoms with Crippen molar-refractivity contribution >= 4 is 21.5 Å². The number of benzene rings is 3. The molecule has 0 saturated heterocycles. The van der Waals surface area contributed by atoms with Crippen LogP contribution in [-0.2, 0) is 26.5 Å². The van der Waals surface area contributed by atoms with Gasteiger partial charge in [0, 0.05) is 26.3 Å². The summed E-state index contributed by atoms with van der Waals surface area (Å²) in [7, 11) is 0. The van der Waals surface area contributed by atoms with Gasteiger partial charge in [-0.2, -0.15) is 0 Å². The van der Waals surface area contributed by atoms with E-state index in [9.17, 15) is 0 Å². The summed E-state index contributed by atoms with van der Waals surface area (Å²) in [4.78, 5) is 4.69. The van der Waals surface area contributed by atoms with Crippen LogP contribution in [0.5, 0.6) is 0 Å². The van der Waals surface area contributed by atoms with Crippen LogP contribution < -0.4 is 0 Å². The molecule has 2 heteroatoms. The normalized spacial score (nSPS) is 10.9. The van der Waals surface area contributed by atoms with Gasteiger partial charge < -0.3 is 4.98 Å². The Balaban J connectivity index is 0.00000240. The van der Waals surface area contributed by atoms with E-state index in [0.717, 1.165) is 17.7 Å². The van der Waals surface area contributed by atoms with E-state index in [4.69, 9.17) is 0 Å². The first-order chi connectivity index (χ1) is 13.9. The number of hydrogen-bond acceptors (Lipinski definition) is 1. The van der Waals surface area contributed by atoms with Crippen LogP contribution in [0.1, 0.15) is 51.0 Å². The molecule has 0 spiro atoms. The third-order valence-electron chi connectivity index (χ3n) is 5.62. The first-order valence-corrected chi connectivity index (χ1v) is 10.6. The second-order valence-corrected chi connectivity index (χ2v) is 7.67. The molecule has 0 aliphatic heterocycles. The molecule has 0 atom stereocenters. The molecular weight excluding hydrogens is 531 g/mol. The van der Waals surface area contributed by atoms with Crippen molar-refractivity contribution in [3.05, 3.63) is 78.5 Å². The van der Waals surface area contributed by atoms with Gasteiger partial charge >= 0.3 is 0 Å². The van der Waals surface area contributed by atoms with Crippen LogP contribution in [0.4, 0.5) is 0 Å². The molecule has 151 valence electrons. The Labute approximate surface area is 187 Å². The number of aromatic nitrogens is 1. The van der Waals surface area contributed by atoms with E-state index in [-0.39, 0.29) is 20.1 Å². The molecule has 0 amide bonds. The fourth-order valence-corrected chi connectivity index (χ4v) is 4.02. The van der Waals surface area contributed by atoms with Crippen molar-refractivity contribution in [2.45, 2.75) is 51.9 Å². The monoisotopic (exact) mass is 559 g/mol. The molecule has 0 aliphatic carbocycles. The third kappa shape index (κ3) is 5.13. The molecular formula is C27H28IrN-. The van der Waals surface area contributed by atoms with E-state index in [1.54, 1.807) is 0 Å². The quantitative estimate of drug-likeness (QED) is 0.122. The van der Waals surface area contributed by atoms with Gasteiger partial charge in [0.15, 0.2) is 0 Å². The zero-order chi connectivity index (χ0) is 19.2. The maximum absolute atomic E-state index is 4.69. The second kappa shape index (κ2) is 10.7. The molecule has 1 heterocycles. The Bertz CT molecular complexity index is 1050. The molecule has 1 radical (unpaired) electrons. The van der Waals surface area contributed by atoms with E-state index in [1.165, 1.54) is 65.6 Å². The number of pyridine rings is 1. The molecule has 4 rings (SSSR count). The van der Waals surface area contributed by atoms with Gasteiger partial charge in [-0.15, -0.1) is 35.4 Å². The van der Waals surface area contributed by atoms with Gasteiger partial charge in [-0.25, -0.2) is 0 Å². The molecule has 1 aromatic heterocycles. The molecule has 3 aromatic carbocycles. The third-order valence-corrected chi connectivity index (χ3v) is 5.62. The van der Waals surface area contributed by atoms with Gasteiger partial charge in [-0.05, 0) is 33.3 Å².